The minimum absolute atomic E-state index is 0.000335. The van der Waals surface area contributed by atoms with Gasteiger partial charge in [0.1, 0.15) is 54.6 Å². The molecule has 8 rings (SSSR count). The van der Waals surface area contributed by atoms with Gasteiger partial charge in [-0.15, -0.1) is 0 Å². The molecule has 1 aliphatic heterocycles. The molecule has 32 heteroatoms. The maximum atomic E-state index is 15.1. The number of amides is 9. The van der Waals surface area contributed by atoms with Crippen molar-refractivity contribution in [3.63, 3.8) is 0 Å². The van der Waals surface area contributed by atoms with Gasteiger partial charge in [-0.1, -0.05) is 80.6 Å². The second-order valence-electron chi connectivity index (χ2n) is 27.1. The van der Waals surface area contributed by atoms with Gasteiger partial charge in [0, 0.05) is 90.0 Å². The first-order chi connectivity index (χ1) is 50.9. The molecule has 1 saturated heterocycles. The third kappa shape index (κ3) is 24.0. The lowest BCUT2D eigenvalue weighted by Crippen LogP contribution is -2.61. The number of aliphatic hydroxyl groups is 1. The molecule has 16 N–H and O–H groups in total. The van der Waals surface area contributed by atoms with Gasteiger partial charge in [0.2, 0.25) is 53.2 Å². The summed E-state index contributed by atoms with van der Waals surface area (Å²) in [6.07, 6.45) is 4.78. The lowest BCUT2D eigenvalue weighted by Gasteiger charge is -2.45. The molecule has 0 bridgehead atoms. The van der Waals surface area contributed by atoms with Gasteiger partial charge in [-0.25, -0.2) is 4.79 Å². The summed E-state index contributed by atoms with van der Waals surface area (Å²) in [5, 5.41) is 56.1. The quantitative estimate of drug-likeness (QED) is 0.0149. The molecule has 9 amide bonds. The summed E-state index contributed by atoms with van der Waals surface area (Å²) >= 11 is 12.2. The van der Waals surface area contributed by atoms with Crippen molar-refractivity contribution in [1.29, 1.82) is 0 Å². The first-order valence-corrected chi connectivity index (χ1v) is 39.0. The van der Waals surface area contributed by atoms with Crippen LogP contribution in [-0.2, 0) is 83.1 Å². The summed E-state index contributed by atoms with van der Waals surface area (Å²) in [7, 11) is 2.21. The highest BCUT2D eigenvalue weighted by atomic mass is 127. The molecular weight excluding hydrogens is 1530 g/mol. The number of nitrogens with two attached hydrogens (primary N) is 1. The molecule has 2 aromatic heterocycles. The summed E-state index contributed by atoms with van der Waals surface area (Å²) < 4.78 is 11.7. The van der Waals surface area contributed by atoms with Crippen LogP contribution in [0.1, 0.15) is 80.2 Å². The number of aliphatic hydroxyl groups excluding tert-OH is 1. The summed E-state index contributed by atoms with van der Waals surface area (Å²) in [5.41, 5.74) is 12.3. The van der Waals surface area contributed by atoms with Crippen molar-refractivity contribution in [2.24, 2.45) is 17.6 Å². The number of piperidine rings is 1. The number of likely N-dealkylation sites (tertiary alicyclic amines) is 1. The van der Waals surface area contributed by atoms with E-state index < -0.39 is 120 Å². The Labute approximate surface area is 644 Å². The number of phenolic OH excluding ortho intramolecular Hbond substituents is 1. The molecule has 1 aliphatic carbocycles. The molecule has 6 aromatic rings. The van der Waals surface area contributed by atoms with E-state index in [-0.39, 0.29) is 81.8 Å². The van der Waals surface area contributed by atoms with E-state index in [1.165, 1.54) is 35.0 Å². The Morgan fingerprint density at radius 2 is 1.25 bits per heavy atom. The van der Waals surface area contributed by atoms with Crippen LogP contribution >= 0.6 is 59.6 Å². The number of ether oxygens (including phenoxy) is 2. The maximum Gasteiger partial charge on any atom is 0.328 e. The molecule has 4 aromatic carbocycles. The Kier molecular flexibility index (Phi) is 32.7. The van der Waals surface area contributed by atoms with Gasteiger partial charge in [0.15, 0.2) is 6.04 Å². The number of carbonyl (C=O) groups excluding carboxylic acids is 9. The average Bonchev–Trinajstić information content (AvgIpc) is 1.49. The first kappa shape index (κ1) is 83.7. The molecule has 574 valence electrons. The van der Waals surface area contributed by atoms with Crippen molar-refractivity contribution < 1.29 is 72.7 Å². The van der Waals surface area contributed by atoms with Gasteiger partial charge in [0.05, 0.1) is 35.2 Å². The number of H-pyrrole nitrogens is 2. The smallest absolute Gasteiger partial charge is 0.328 e. The average molecular weight is 1630 g/mol. The number of aromatic amines is 2. The summed E-state index contributed by atoms with van der Waals surface area (Å²) in [4.78, 5) is 148. The minimum Gasteiger partial charge on any atom is -0.507 e. The van der Waals surface area contributed by atoms with Crippen LogP contribution in [0.25, 0.3) is 21.8 Å². The highest BCUT2D eigenvalue weighted by Crippen LogP contribution is 2.45. The predicted molar refractivity (Wildman–Crippen MR) is 418 cm³/mol. The van der Waals surface area contributed by atoms with Crippen LogP contribution in [0.4, 0.5) is 0 Å². The SMILES string of the molecule is CC(C)[C@H](NC(=O)[C@H](CCCCN)NC(=O)[C@@H](Cc1c[nH]c2ccccc12)NC(=O)[C@H](Cc1ccc(O)c(I)c1)NC(=O)[C@H](CS)NC(=O)[C@@H](Cc1ccccc1)NC(=O)COCCOCCNC(=O)CSC[C@@H]1CC2c3cccc4[nH]cc(c34)CC2N(C)C1)C(=O)N[C@@H](CS)C(=O)N[C@H](C(=O)O)[C@@H](C)O. The Morgan fingerprint density at radius 3 is 1.92 bits per heavy atom. The third-order valence-electron chi connectivity index (χ3n) is 18.8. The number of carboxylic acids is 1. The molecule has 3 heterocycles. The van der Waals surface area contributed by atoms with Crippen molar-refractivity contribution in [3.05, 3.63) is 135 Å². The van der Waals surface area contributed by atoms with E-state index >= 15 is 9.59 Å². The molecular formula is C74H98IN13O15S3. The van der Waals surface area contributed by atoms with Crippen molar-refractivity contribution in [1.82, 2.24) is 62.7 Å². The zero-order chi connectivity index (χ0) is 76.6. The number of aliphatic carboxylic acids is 1. The number of hydrogen-bond acceptors (Lipinski definition) is 19. The van der Waals surface area contributed by atoms with Crippen molar-refractivity contribution in [2.75, 3.05) is 76.1 Å². The van der Waals surface area contributed by atoms with Crippen LogP contribution < -0.4 is 53.6 Å². The number of likely N-dealkylation sites (N-methyl/N-ethyl adjacent to an activating group) is 1. The van der Waals surface area contributed by atoms with Crippen LogP contribution in [-0.4, -0.2) is 226 Å². The van der Waals surface area contributed by atoms with E-state index in [9.17, 15) is 53.7 Å². The fraction of sp³-hybridized carbons (Fsp3) is 0.486. The number of benzene rings is 4. The molecule has 1 fully saturated rings. The van der Waals surface area contributed by atoms with Crippen molar-refractivity contribution in [2.45, 2.75) is 139 Å². The van der Waals surface area contributed by atoms with E-state index in [1.807, 2.05) is 40.8 Å². The Balaban J connectivity index is 0.879. The first-order valence-electron chi connectivity index (χ1n) is 35.5. The molecule has 2 aliphatic rings. The highest BCUT2D eigenvalue weighted by molar-refractivity contribution is 14.1. The van der Waals surface area contributed by atoms with Gasteiger partial charge in [-0.05, 0) is 145 Å². The number of halogens is 1. The van der Waals surface area contributed by atoms with Gasteiger partial charge in [0.25, 0.3) is 0 Å². The fourth-order valence-corrected chi connectivity index (χ4v) is 15.3. The zero-order valence-corrected chi connectivity index (χ0v) is 64.5. The molecule has 28 nitrogen and oxygen atoms in total. The normalized spacial score (nSPS) is 17.4. The number of rotatable bonds is 42. The van der Waals surface area contributed by atoms with Crippen LogP contribution in [0.2, 0.25) is 0 Å². The fourth-order valence-electron chi connectivity index (χ4n) is 13.3. The van der Waals surface area contributed by atoms with Crippen molar-refractivity contribution >= 4 is 141 Å². The summed E-state index contributed by atoms with van der Waals surface area (Å²) in [6, 6.07) is 16.2. The van der Waals surface area contributed by atoms with Crippen LogP contribution in [0.5, 0.6) is 5.75 Å². The third-order valence-corrected chi connectivity index (χ3v) is 21.6. The molecule has 0 radical (unpaired) electrons. The topological polar surface area (TPSA) is 419 Å². The van der Waals surface area contributed by atoms with E-state index in [0.29, 0.717) is 67.6 Å². The van der Waals surface area contributed by atoms with Crippen molar-refractivity contribution in [3.8, 4) is 5.75 Å². The summed E-state index contributed by atoms with van der Waals surface area (Å²) in [6.45, 7) is 5.79. The minimum atomic E-state index is -1.71. The molecule has 106 heavy (non-hydrogen) atoms. The molecule has 12 atom stereocenters. The second kappa shape index (κ2) is 41.4. The molecule has 0 saturated carbocycles. The molecule has 2 unspecified atom stereocenters. The predicted octanol–water partition coefficient (Wildman–Crippen LogP) is 2.52. The monoisotopic (exact) mass is 1630 g/mol. The van der Waals surface area contributed by atoms with Gasteiger partial charge in [-0.2, -0.15) is 37.0 Å². The number of aromatic nitrogens is 2. The number of unbranched alkanes of at least 4 members (excludes halogenated alkanes) is 1. The summed E-state index contributed by atoms with van der Waals surface area (Å²) in [5.74, 6) is -7.43. The number of nitrogens with zero attached hydrogens (tertiary/aromatic N) is 1. The molecule has 0 spiro atoms. The van der Waals surface area contributed by atoms with E-state index in [4.69, 9.17) is 15.2 Å². The number of nitrogens with one attached hydrogen (secondary N) is 11. The van der Waals surface area contributed by atoms with Crippen LogP contribution in [0.15, 0.2) is 103 Å². The lowest BCUT2D eigenvalue weighted by molar-refractivity contribution is -0.145. The van der Waals surface area contributed by atoms with Crippen LogP contribution in [0.3, 0.4) is 0 Å². The van der Waals surface area contributed by atoms with E-state index in [2.05, 4.69) is 119 Å². The lowest BCUT2D eigenvalue weighted by atomic mass is 9.73. The highest BCUT2D eigenvalue weighted by Gasteiger charge is 2.41. The van der Waals surface area contributed by atoms with E-state index in [0.717, 1.165) is 25.1 Å². The largest absolute Gasteiger partial charge is 0.507 e. The van der Waals surface area contributed by atoms with Gasteiger partial charge >= 0.3 is 5.97 Å². The maximum absolute atomic E-state index is 15.1. The Hall–Kier alpha value is -7.96. The Bertz CT molecular complexity index is 4000. The number of carbonyl (C=O) groups is 10. The number of fused-ring (bicyclic) bond motifs is 3. The van der Waals surface area contributed by atoms with Gasteiger partial charge < -0.3 is 93.2 Å². The van der Waals surface area contributed by atoms with Crippen LogP contribution in [0, 0.1) is 15.4 Å². The number of hydrogen-bond donors (Lipinski definition) is 17. The number of aromatic hydroxyl groups is 1. The number of thioether (sulfide) groups is 1. The number of carboxylic acid groups (broad SMARTS) is 1. The standard InChI is InChI=1S/C74H98IN13O15S3/c1-41(2)65(73(99)85-59(38-105)72(98)87-66(42(3)89)74(100)101)86-67(93)54(18-10-11-22-76)81-70(96)57(31-46-33-78-52-17-9-8-15-48(46)52)83-69(95)56(30-44-20-21-61(90)51(75)28-44)82-71(97)58(37-104)84-68(94)55(29-43-13-6-5-7-14-43)80-62(91)36-103-26-25-102-24-23-77-63(92)40-106-39-45-27-50-49-16-12-19-53-64(49)47(34-79-53)32-60(50)88(4)35-45/h5-9,12-17,19-21,28,33-34,41-42,45,50,54-60,65-66,78-79,89-90,104-105H,10-11,18,22-27,29-32,35-40,76H2,1-4H3,(H,77,92)(H,80,91)(H,81,96)(H,82,97)(H,83,95)(H,84,94)(H,85,99)(H,86,93)(H,87,98)(H,100,101)/t42-,45-,50?,54+,55-,56+,57-,58+,59+,60?,65+,66+/m1/s1. The number of phenols is 1. The second-order valence-corrected chi connectivity index (χ2v) is 30.1. The number of para-hydroxylation sites is 1. The zero-order valence-electron chi connectivity index (χ0n) is 59.7. The Morgan fingerprint density at radius 1 is 0.651 bits per heavy atom. The van der Waals surface area contributed by atoms with E-state index in [1.54, 1.807) is 80.3 Å². The number of thiol groups is 2. The van der Waals surface area contributed by atoms with Gasteiger partial charge in [-0.3, -0.25) is 43.2 Å².